The number of aliphatic hydroxyl groups is 1. The van der Waals surface area contributed by atoms with Crippen molar-refractivity contribution in [2.75, 3.05) is 33.9 Å². The zero-order valence-corrected chi connectivity index (χ0v) is 20.1. The molecule has 5 heteroatoms. The van der Waals surface area contributed by atoms with E-state index < -0.39 is 17.3 Å². The van der Waals surface area contributed by atoms with E-state index in [0.29, 0.717) is 6.54 Å². The van der Waals surface area contributed by atoms with E-state index in [1.807, 2.05) is 54.6 Å². The Hall–Kier alpha value is -2.54. The SMILES string of the molecule is COOC(OC)(C(O)CN1CCCCC1)C(c1ccccc1)(c1ccccc1)c1ccccc1. The highest BCUT2D eigenvalue weighted by molar-refractivity contribution is 5.54. The number of β-amino-alcohol motifs (C(OH)–C–C–N with tert-alkyl or cyclic N) is 1. The van der Waals surface area contributed by atoms with Gasteiger partial charge in [-0.2, -0.15) is 4.89 Å². The molecule has 1 fully saturated rings. The van der Waals surface area contributed by atoms with E-state index in [2.05, 4.69) is 41.3 Å². The number of piperidine rings is 1. The van der Waals surface area contributed by atoms with Gasteiger partial charge in [-0.15, -0.1) is 0 Å². The molecule has 0 bridgehead atoms. The molecule has 4 rings (SSSR count). The summed E-state index contributed by atoms with van der Waals surface area (Å²) < 4.78 is 6.29. The summed E-state index contributed by atoms with van der Waals surface area (Å²) in [5.41, 5.74) is 1.77. The molecule has 0 spiro atoms. The average molecular weight is 462 g/mol. The number of rotatable bonds is 10. The Morgan fingerprint density at radius 3 is 1.56 bits per heavy atom. The molecule has 3 aromatic carbocycles. The maximum atomic E-state index is 12.0. The molecule has 0 aromatic heterocycles. The highest BCUT2D eigenvalue weighted by atomic mass is 17.2. The van der Waals surface area contributed by atoms with Gasteiger partial charge in [0.25, 0.3) is 0 Å². The molecule has 34 heavy (non-hydrogen) atoms. The standard InChI is InChI=1S/C29H35NO4/c1-32-29(34-33-2,27(31)23-30-21-13-6-14-22-30)28(24-15-7-3-8-16-24,25-17-9-4-10-18-25)26-19-11-5-12-20-26/h3-5,7-12,15-20,27,31H,6,13-14,21-23H2,1-2H3. The Labute approximate surface area is 202 Å². The van der Waals surface area contributed by atoms with E-state index in [-0.39, 0.29) is 0 Å². The first kappa shape index (κ1) is 24.6. The lowest BCUT2D eigenvalue weighted by molar-refractivity contribution is -0.447. The van der Waals surface area contributed by atoms with Crippen LogP contribution >= 0.6 is 0 Å². The zero-order valence-electron chi connectivity index (χ0n) is 20.1. The Balaban J connectivity index is 2.00. The fourth-order valence-electron chi connectivity index (χ4n) is 5.49. The van der Waals surface area contributed by atoms with Gasteiger partial charge in [0.15, 0.2) is 0 Å². The fourth-order valence-corrected chi connectivity index (χ4v) is 5.49. The van der Waals surface area contributed by atoms with Crippen LogP contribution in [0.1, 0.15) is 36.0 Å². The first-order chi connectivity index (χ1) is 16.7. The predicted molar refractivity (Wildman–Crippen MR) is 133 cm³/mol. The quantitative estimate of drug-likeness (QED) is 0.204. The minimum absolute atomic E-state index is 0.408. The molecule has 5 nitrogen and oxygen atoms in total. The molecule has 0 aliphatic carbocycles. The molecular formula is C29H35NO4. The van der Waals surface area contributed by atoms with Crippen molar-refractivity contribution >= 4 is 0 Å². The molecule has 1 heterocycles. The molecule has 2 unspecified atom stereocenters. The van der Waals surface area contributed by atoms with Crippen LogP contribution in [0.3, 0.4) is 0 Å². The number of methoxy groups -OCH3 is 1. The first-order valence-electron chi connectivity index (χ1n) is 12.0. The van der Waals surface area contributed by atoms with E-state index in [1.54, 1.807) is 7.11 Å². The molecule has 1 saturated heterocycles. The van der Waals surface area contributed by atoms with Crippen LogP contribution in [0.15, 0.2) is 91.0 Å². The number of likely N-dealkylation sites (tertiary alicyclic amines) is 1. The fraction of sp³-hybridized carbons (Fsp3) is 0.379. The van der Waals surface area contributed by atoms with Crippen LogP contribution in [-0.4, -0.2) is 55.8 Å². The molecule has 2 atom stereocenters. The molecule has 0 amide bonds. The van der Waals surface area contributed by atoms with Crippen molar-refractivity contribution < 1.29 is 19.6 Å². The van der Waals surface area contributed by atoms with E-state index in [9.17, 15) is 5.11 Å². The molecule has 180 valence electrons. The van der Waals surface area contributed by atoms with Crippen LogP contribution in [0.5, 0.6) is 0 Å². The summed E-state index contributed by atoms with van der Waals surface area (Å²) in [6.07, 6.45) is 2.45. The van der Waals surface area contributed by atoms with Gasteiger partial charge < -0.3 is 14.7 Å². The minimum Gasteiger partial charge on any atom is -0.386 e. The topological polar surface area (TPSA) is 51.2 Å². The lowest BCUT2D eigenvalue weighted by Gasteiger charge is -2.51. The molecule has 1 aliphatic rings. The van der Waals surface area contributed by atoms with Crippen molar-refractivity contribution in [3.8, 4) is 0 Å². The summed E-state index contributed by atoms with van der Waals surface area (Å²) in [5.74, 6) is -1.58. The van der Waals surface area contributed by atoms with Crippen LogP contribution in [-0.2, 0) is 19.9 Å². The zero-order chi connectivity index (χ0) is 23.9. The van der Waals surface area contributed by atoms with Gasteiger partial charge in [0.2, 0.25) is 5.79 Å². The van der Waals surface area contributed by atoms with Gasteiger partial charge >= 0.3 is 0 Å². The number of nitrogens with zero attached hydrogens (tertiary/aromatic N) is 1. The van der Waals surface area contributed by atoms with Crippen molar-refractivity contribution in [3.05, 3.63) is 108 Å². The summed E-state index contributed by atoms with van der Waals surface area (Å²) in [4.78, 5) is 13.8. The number of aliphatic hydroxyl groups excluding tert-OH is 1. The van der Waals surface area contributed by atoms with Gasteiger partial charge in [0.05, 0.1) is 7.11 Å². The Bertz CT molecular complexity index is 896. The molecule has 1 N–H and O–H groups in total. The van der Waals surface area contributed by atoms with Crippen molar-refractivity contribution in [1.29, 1.82) is 0 Å². The lowest BCUT2D eigenvalue weighted by Crippen LogP contribution is -2.65. The van der Waals surface area contributed by atoms with E-state index in [0.717, 1.165) is 42.6 Å². The monoisotopic (exact) mass is 461 g/mol. The number of benzene rings is 3. The summed E-state index contributed by atoms with van der Waals surface area (Å²) in [7, 11) is 3.05. The Kier molecular flexibility index (Phi) is 8.14. The molecule has 1 aliphatic heterocycles. The Morgan fingerprint density at radius 2 is 1.18 bits per heavy atom. The van der Waals surface area contributed by atoms with E-state index in [4.69, 9.17) is 14.5 Å². The smallest absolute Gasteiger partial charge is 0.246 e. The van der Waals surface area contributed by atoms with Crippen LogP contribution in [0.25, 0.3) is 0 Å². The third-order valence-corrected chi connectivity index (χ3v) is 6.97. The van der Waals surface area contributed by atoms with Gasteiger partial charge in [-0.1, -0.05) is 97.4 Å². The maximum absolute atomic E-state index is 12.0. The largest absolute Gasteiger partial charge is 0.386 e. The van der Waals surface area contributed by atoms with E-state index >= 15 is 0 Å². The number of hydrogen-bond acceptors (Lipinski definition) is 5. The first-order valence-corrected chi connectivity index (χ1v) is 12.0. The van der Waals surface area contributed by atoms with Gasteiger partial charge in [-0.3, -0.25) is 0 Å². The van der Waals surface area contributed by atoms with Gasteiger partial charge in [0.1, 0.15) is 11.5 Å². The van der Waals surface area contributed by atoms with Gasteiger partial charge in [0, 0.05) is 13.7 Å². The van der Waals surface area contributed by atoms with Gasteiger partial charge in [-0.05, 0) is 42.6 Å². The van der Waals surface area contributed by atoms with Crippen LogP contribution < -0.4 is 0 Å². The predicted octanol–water partition coefficient (Wildman–Crippen LogP) is 4.79. The second kappa shape index (κ2) is 11.3. The normalized spacial score (nSPS) is 17.7. The summed E-state index contributed by atoms with van der Waals surface area (Å²) in [5, 5.41) is 12.0. The third-order valence-electron chi connectivity index (χ3n) is 6.97. The van der Waals surface area contributed by atoms with E-state index in [1.165, 1.54) is 13.5 Å². The maximum Gasteiger partial charge on any atom is 0.246 e. The molecular weight excluding hydrogens is 426 g/mol. The van der Waals surface area contributed by atoms with Crippen LogP contribution in [0.4, 0.5) is 0 Å². The molecule has 3 aromatic rings. The number of ether oxygens (including phenoxy) is 1. The van der Waals surface area contributed by atoms with Crippen molar-refractivity contribution in [1.82, 2.24) is 4.90 Å². The lowest BCUT2D eigenvalue weighted by atomic mass is 9.62. The van der Waals surface area contributed by atoms with Crippen molar-refractivity contribution in [2.24, 2.45) is 0 Å². The highest BCUT2D eigenvalue weighted by Gasteiger charge is 2.62. The van der Waals surface area contributed by atoms with Crippen molar-refractivity contribution in [2.45, 2.75) is 36.6 Å². The third kappa shape index (κ3) is 4.42. The van der Waals surface area contributed by atoms with Crippen LogP contribution in [0, 0.1) is 0 Å². The second-order valence-corrected chi connectivity index (χ2v) is 8.85. The Morgan fingerprint density at radius 1 is 0.735 bits per heavy atom. The van der Waals surface area contributed by atoms with Crippen LogP contribution in [0.2, 0.25) is 0 Å². The molecule has 0 radical (unpaired) electrons. The second-order valence-electron chi connectivity index (χ2n) is 8.85. The number of hydrogen-bond donors (Lipinski definition) is 1. The highest BCUT2D eigenvalue weighted by Crippen LogP contribution is 2.51. The summed E-state index contributed by atoms with van der Waals surface area (Å²) in [6.45, 7) is 2.29. The minimum atomic E-state index is -1.58. The van der Waals surface area contributed by atoms with Crippen molar-refractivity contribution in [3.63, 3.8) is 0 Å². The molecule has 0 saturated carbocycles. The average Bonchev–Trinajstić information content (AvgIpc) is 2.91. The summed E-state index contributed by atoms with van der Waals surface area (Å²) >= 11 is 0. The summed E-state index contributed by atoms with van der Waals surface area (Å²) in [6, 6.07) is 30.3. The van der Waals surface area contributed by atoms with Gasteiger partial charge in [-0.25, -0.2) is 4.89 Å².